The van der Waals surface area contributed by atoms with E-state index in [2.05, 4.69) is 5.32 Å². The molecule has 0 aliphatic carbocycles. The molecule has 0 radical (unpaired) electrons. The summed E-state index contributed by atoms with van der Waals surface area (Å²) in [5.41, 5.74) is -0.494. The molecule has 1 atom stereocenters. The van der Waals surface area contributed by atoms with E-state index in [0.29, 0.717) is 0 Å². The molecule has 1 N–H and O–H groups in total. The minimum atomic E-state index is -4.62. The van der Waals surface area contributed by atoms with Crippen molar-refractivity contribution in [3.8, 4) is 0 Å². The van der Waals surface area contributed by atoms with Crippen molar-refractivity contribution in [2.75, 3.05) is 5.32 Å². The Balaban J connectivity index is 0.00000529. The van der Waals surface area contributed by atoms with Crippen LogP contribution in [0.1, 0.15) is 36.0 Å². The van der Waals surface area contributed by atoms with E-state index in [-0.39, 0.29) is 12.0 Å². The molecule has 0 saturated carbocycles. The van der Waals surface area contributed by atoms with Gasteiger partial charge in [0.1, 0.15) is 10.3 Å². The van der Waals surface area contributed by atoms with Crippen LogP contribution in [0.25, 0.3) is 0 Å². The van der Waals surface area contributed by atoms with Gasteiger partial charge in [0.2, 0.25) is 0 Å². The van der Waals surface area contributed by atoms with Crippen LogP contribution >= 0.6 is 0 Å². The maximum Gasteiger partial charge on any atom is 0.412 e. The fourth-order valence-electron chi connectivity index (χ4n) is 1.51. The van der Waals surface area contributed by atoms with Gasteiger partial charge in [0, 0.05) is 12.0 Å². The number of rotatable bonds is 3. The Hall–Kier alpha value is -1.57. The third kappa shape index (κ3) is 5.23. The fourth-order valence-corrected chi connectivity index (χ4v) is 2.75. The van der Waals surface area contributed by atoms with E-state index >= 15 is 0 Å². The molecule has 8 heteroatoms. The second-order valence-corrected chi connectivity index (χ2v) is 8.46. The molecular formula is C15H22F3NO3S. The number of ether oxygens (including phenoxy) is 1. The SMILES string of the molecule is CC(C)(C)OC(=O)Nc1cccc(S(=O)C(C)(C)C(F)(F)F)c1.[HH]. The Kier molecular flexibility index (Phi) is 5.51. The zero-order valence-electron chi connectivity index (χ0n) is 13.6. The summed E-state index contributed by atoms with van der Waals surface area (Å²) in [5.74, 6) is 0. The number of carbonyl (C=O) groups excluding carboxylic acids is 1. The normalized spacial score (nSPS) is 14.3. The van der Waals surface area contributed by atoms with Gasteiger partial charge in [-0.15, -0.1) is 0 Å². The minimum Gasteiger partial charge on any atom is -0.444 e. The lowest BCUT2D eigenvalue weighted by atomic mass is 10.2. The van der Waals surface area contributed by atoms with Crippen molar-refractivity contribution >= 4 is 22.6 Å². The molecular weight excluding hydrogens is 331 g/mol. The molecule has 0 bridgehead atoms. The molecule has 1 rings (SSSR count). The summed E-state index contributed by atoms with van der Waals surface area (Å²) in [6.07, 6.45) is -5.36. The monoisotopic (exact) mass is 353 g/mol. The largest absolute Gasteiger partial charge is 0.444 e. The molecule has 0 heterocycles. The van der Waals surface area contributed by atoms with Crippen LogP contribution in [-0.4, -0.2) is 26.8 Å². The van der Waals surface area contributed by atoms with E-state index in [1.807, 2.05) is 0 Å². The topological polar surface area (TPSA) is 55.4 Å². The third-order valence-electron chi connectivity index (χ3n) is 2.84. The molecule has 1 aromatic rings. The van der Waals surface area contributed by atoms with Gasteiger partial charge in [0.15, 0.2) is 0 Å². The quantitative estimate of drug-likeness (QED) is 0.855. The predicted molar refractivity (Wildman–Crippen MR) is 85.0 cm³/mol. The molecule has 0 saturated heterocycles. The van der Waals surface area contributed by atoms with Gasteiger partial charge in [0.05, 0.1) is 10.8 Å². The number of nitrogens with one attached hydrogen (secondary N) is 1. The summed E-state index contributed by atoms with van der Waals surface area (Å²) in [7, 11) is -2.32. The lowest BCUT2D eigenvalue weighted by molar-refractivity contribution is -0.152. The van der Waals surface area contributed by atoms with Crippen LogP contribution in [0.3, 0.4) is 0 Å². The number of carbonyl (C=O) groups is 1. The molecule has 1 aromatic carbocycles. The number of alkyl halides is 3. The highest BCUT2D eigenvalue weighted by atomic mass is 32.2. The van der Waals surface area contributed by atoms with E-state index in [9.17, 15) is 22.2 Å². The highest BCUT2D eigenvalue weighted by Crippen LogP contribution is 2.37. The number of anilines is 1. The Bertz CT molecular complexity index is 613. The Morgan fingerprint density at radius 1 is 1.17 bits per heavy atom. The minimum absolute atomic E-state index is 0. The summed E-state index contributed by atoms with van der Waals surface area (Å²) in [6.45, 7) is 6.80. The van der Waals surface area contributed by atoms with Crippen molar-refractivity contribution in [1.29, 1.82) is 0 Å². The highest BCUT2D eigenvalue weighted by molar-refractivity contribution is 7.86. The number of benzene rings is 1. The first-order chi connectivity index (χ1) is 10.2. The van der Waals surface area contributed by atoms with Crippen LogP contribution in [0.4, 0.5) is 23.7 Å². The Morgan fingerprint density at radius 3 is 2.22 bits per heavy atom. The van der Waals surface area contributed by atoms with E-state index in [0.717, 1.165) is 13.8 Å². The smallest absolute Gasteiger partial charge is 0.412 e. The molecule has 4 nitrogen and oxygen atoms in total. The van der Waals surface area contributed by atoms with Crippen LogP contribution in [0, 0.1) is 0 Å². The Morgan fingerprint density at radius 2 is 1.74 bits per heavy atom. The molecule has 1 unspecified atom stereocenters. The molecule has 1 amide bonds. The van der Waals surface area contributed by atoms with Crippen LogP contribution < -0.4 is 5.32 Å². The number of halogens is 3. The maximum absolute atomic E-state index is 13.0. The zero-order valence-corrected chi connectivity index (χ0v) is 14.4. The summed E-state index contributed by atoms with van der Waals surface area (Å²) < 4.78 is 53.8. The Labute approximate surface area is 137 Å². The van der Waals surface area contributed by atoms with E-state index in [1.54, 1.807) is 20.8 Å². The second-order valence-electron chi connectivity index (χ2n) is 6.43. The van der Waals surface area contributed by atoms with Gasteiger partial charge in [-0.3, -0.25) is 9.53 Å². The van der Waals surface area contributed by atoms with Crippen molar-refractivity contribution in [3.05, 3.63) is 24.3 Å². The second kappa shape index (κ2) is 6.51. The first-order valence-corrected chi connectivity index (χ1v) is 7.98. The van der Waals surface area contributed by atoms with Crippen molar-refractivity contribution in [3.63, 3.8) is 0 Å². The number of hydrogen-bond donors (Lipinski definition) is 1. The van der Waals surface area contributed by atoms with Crippen LogP contribution in [-0.2, 0) is 15.5 Å². The highest BCUT2D eigenvalue weighted by Gasteiger charge is 2.52. The van der Waals surface area contributed by atoms with Gasteiger partial charge in [-0.1, -0.05) is 6.07 Å². The summed E-state index contributed by atoms with van der Waals surface area (Å²) >= 11 is 0. The van der Waals surface area contributed by atoms with Gasteiger partial charge in [0.25, 0.3) is 0 Å². The lowest BCUT2D eigenvalue weighted by Crippen LogP contribution is -2.43. The third-order valence-corrected chi connectivity index (χ3v) is 4.68. The molecule has 0 aliphatic rings. The summed E-state index contributed by atoms with van der Waals surface area (Å²) in [4.78, 5) is 11.6. The maximum atomic E-state index is 13.0. The van der Waals surface area contributed by atoms with E-state index in [4.69, 9.17) is 4.74 Å². The van der Waals surface area contributed by atoms with Crippen molar-refractivity contribution in [2.24, 2.45) is 0 Å². The molecule has 0 aliphatic heterocycles. The van der Waals surface area contributed by atoms with Gasteiger partial charge in [-0.25, -0.2) is 4.79 Å². The standard InChI is InChI=1S/C15H20F3NO3S.H2/c1-13(2,3)22-12(20)19-10-7-6-8-11(9-10)23(21)14(4,5)15(16,17)18;/h6-9H,1-5H3,(H,19,20);1H. The van der Waals surface area contributed by atoms with Crippen LogP contribution in [0.5, 0.6) is 0 Å². The van der Waals surface area contributed by atoms with Crippen molar-refractivity contribution in [2.45, 2.75) is 56.0 Å². The van der Waals surface area contributed by atoms with E-state index in [1.165, 1.54) is 24.3 Å². The molecule has 0 aromatic heterocycles. The first-order valence-electron chi connectivity index (χ1n) is 6.83. The molecule has 23 heavy (non-hydrogen) atoms. The predicted octanol–water partition coefficient (Wildman–Crippen LogP) is 4.73. The van der Waals surface area contributed by atoms with Gasteiger partial charge < -0.3 is 4.74 Å². The van der Waals surface area contributed by atoms with Crippen molar-refractivity contribution < 1.29 is 28.3 Å². The first kappa shape index (κ1) is 19.5. The molecule has 0 spiro atoms. The van der Waals surface area contributed by atoms with Crippen molar-refractivity contribution in [1.82, 2.24) is 0 Å². The van der Waals surface area contributed by atoms with Gasteiger partial charge >= 0.3 is 12.3 Å². The summed E-state index contributed by atoms with van der Waals surface area (Å²) in [6, 6.07) is 5.47. The van der Waals surface area contributed by atoms with Crippen LogP contribution in [0.2, 0.25) is 0 Å². The van der Waals surface area contributed by atoms with E-state index < -0.39 is 33.4 Å². The molecule has 0 fully saturated rings. The van der Waals surface area contributed by atoms with Gasteiger partial charge in [-0.05, 0) is 52.8 Å². The average molecular weight is 353 g/mol. The lowest BCUT2D eigenvalue weighted by Gasteiger charge is -2.27. The van der Waals surface area contributed by atoms with Gasteiger partial charge in [-0.2, -0.15) is 13.2 Å². The number of hydrogen-bond acceptors (Lipinski definition) is 3. The number of amides is 1. The molecule has 132 valence electrons. The average Bonchev–Trinajstić information content (AvgIpc) is 2.34. The van der Waals surface area contributed by atoms with Crippen LogP contribution in [0.15, 0.2) is 29.2 Å². The fraction of sp³-hybridized carbons (Fsp3) is 0.533. The summed E-state index contributed by atoms with van der Waals surface area (Å²) in [5, 5.41) is 2.41. The zero-order chi connectivity index (χ0) is 18.1.